The molecule has 1 aliphatic rings. The molecule has 0 atom stereocenters. The van der Waals surface area contributed by atoms with E-state index in [1.807, 2.05) is 6.92 Å². The number of esters is 1. The van der Waals surface area contributed by atoms with Gasteiger partial charge in [-0.2, -0.15) is 0 Å². The van der Waals surface area contributed by atoms with Crippen molar-refractivity contribution >= 4 is 5.97 Å². The van der Waals surface area contributed by atoms with Gasteiger partial charge in [0.2, 0.25) is 0 Å². The third-order valence-corrected chi connectivity index (χ3v) is 3.52. The zero-order valence-corrected chi connectivity index (χ0v) is 10.6. The molecule has 0 aromatic carbocycles. The van der Waals surface area contributed by atoms with E-state index >= 15 is 0 Å². The number of rotatable bonds is 3. The van der Waals surface area contributed by atoms with Crippen molar-refractivity contribution in [2.24, 2.45) is 5.92 Å². The maximum Gasteiger partial charge on any atom is 0.308 e. The summed E-state index contributed by atoms with van der Waals surface area (Å²) < 4.78 is 18.6. The van der Waals surface area contributed by atoms with Crippen LogP contribution in [0.5, 0.6) is 0 Å². The largest absolute Gasteiger partial charge is 0.466 e. The molecule has 0 radical (unpaired) electrons. The first kappa shape index (κ1) is 13.0. The number of carbonyl (C=O) groups excluding carboxylic acids is 1. The Kier molecular flexibility index (Phi) is 4.28. The maximum atomic E-state index is 13.6. The Labute approximate surface area is 106 Å². The van der Waals surface area contributed by atoms with Crippen LogP contribution in [0.3, 0.4) is 0 Å². The number of aromatic nitrogens is 1. The van der Waals surface area contributed by atoms with Gasteiger partial charge in [0, 0.05) is 12.1 Å². The number of pyridine rings is 1. The third kappa shape index (κ3) is 2.86. The standard InChI is InChI=1S/C14H18FNO2/c1-2-18-14(17)11-7-5-10(6-8-11)13-12(15)4-3-9-16-13/h3-4,9-11H,2,5-8H2,1H3/t10-,11-. The highest BCUT2D eigenvalue weighted by atomic mass is 19.1. The van der Waals surface area contributed by atoms with Gasteiger partial charge in [-0.05, 0) is 44.7 Å². The van der Waals surface area contributed by atoms with Crippen LogP contribution in [-0.2, 0) is 9.53 Å². The van der Waals surface area contributed by atoms with Crippen LogP contribution in [-0.4, -0.2) is 17.6 Å². The summed E-state index contributed by atoms with van der Waals surface area (Å²) in [6, 6.07) is 3.04. The second-order valence-corrected chi connectivity index (χ2v) is 4.67. The highest BCUT2D eigenvalue weighted by Crippen LogP contribution is 2.36. The first-order chi connectivity index (χ1) is 8.72. The van der Waals surface area contributed by atoms with E-state index in [1.54, 1.807) is 12.3 Å². The van der Waals surface area contributed by atoms with Gasteiger partial charge in [-0.15, -0.1) is 0 Å². The Morgan fingerprint density at radius 1 is 1.44 bits per heavy atom. The predicted octanol–water partition coefficient (Wildman–Crippen LogP) is 3.06. The molecule has 18 heavy (non-hydrogen) atoms. The average Bonchev–Trinajstić information content (AvgIpc) is 2.40. The molecule has 1 aromatic rings. The lowest BCUT2D eigenvalue weighted by Crippen LogP contribution is -2.23. The molecule has 1 saturated carbocycles. The van der Waals surface area contributed by atoms with Crippen LogP contribution in [0.4, 0.5) is 4.39 Å². The molecule has 3 nitrogen and oxygen atoms in total. The Morgan fingerprint density at radius 3 is 2.78 bits per heavy atom. The molecule has 2 rings (SSSR count). The van der Waals surface area contributed by atoms with E-state index in [4.69, 9.17) is 4.74 Å². The first-order valence-corrected chi connectivity index (χ1v) is 6.49. The van der Waals surface area contributed by atoms with Gasteiger partial charge in [0.15, 0.2) is 0 Å². The van der Waals surface area contributed by atoms with E-state index in [0.29, 0.717) is 12.3 Å². The number of hydrogen-bond donors (Lipinski definition) is 0. The van der Waals surface area contributed by atoms with Gasteiger partial charge in [-0.1, -0.05) is 0 Å². The van der Waals surface area contributed by atoms with E-state index in [9.17, 15) is 9.18 Å². The zero-order valence-electron chi connectivity index (χ0n) is 10.6. The van der Waals surface area contributed by atoms with Crippen molar-refractivity contribution in [2.75, 3.05) is 6.61 Å². The number of nitrogens with zero attached hydrogens (tertiary/aromatic N) is 1. The van der Waals surface area contributed by atoms with E-state index in [1.165, 1.54) is 6.07 Å². The van der Waals surface area contributed by atoms with Gasteiger partial charge >= 0.3 is 5.97 Å². The lowest BCUT2D eigenvalue weighted by atomic mass is 9.80. The normalized spacial score (nSPS) is 23.7. The molecule has 4 heteroatoms. The van der Waals surface area contributed by atoms with Crippen molar-refractivity contribution in [3.63, 3.8) is 0 Å². The van der Waals surface area contributed by atoms with Crippen LogP contribution in [0, 0.1) is 11.7 Å². The molecular formula is C14H18FNO2. The van der Waals surface area contributed by atoms with E-state index in [-0.39, 0.29) is 23.6 Å². The van der Waals surface area contributed by atoms with Crippen molar-refractivity contribution in [3.8, 4) is 0 Å². The first-order valence-electron chi connectivity index (χ1n) is 6.49. The summed E-state index contributed by atoms with van der Waals surface area (Å²) in [4.78, 5) is 15.7. The van der Waals surface area contributed by atoms with E-state index in [2.05, 4.69) is 4.98 Å². The summed E-state index contributed by atoms with van der Waals surface area (Å²) >= 11 is 0. The Hall–Kier alpha value is -1.45. The zero-order chi connectivity index (χ0) is 13.0. The van der Waals surface area contributed by atoms with Crippen molar-refractivity contribution < 1.29 is 13.9 Å². The smallest absolute Gasteiger partial charge is 0.308 e. The lowest BCUT2D eigenvalue weighted by molar-refractivity contribution is -0.149. The minimum Gasteiger partial charge on any atom is -0.466 e. The number of halogens is 1. The predicted molar refractivity (Wildman–Crippen MR) is 65.5 cm³/mol. The molecule has 0 saturated heterocycles. The Morgan fingerprint density at radius 2 is 2.17 bits per heavy atom. The molecule has 0 unspecified atom stereocenters. The topological polar surface area (TPSA) is 39.2 Å². The fraction of sp³-hybridized carbons (Fsp3) is 0.571. The maximum absolute atomic E-state index is 13.6. The van der Waals surface area contributed by atoms with Crippen LogP contribution < -0.4 is 0 Å². The SMILES string of the molecule is CCOC(=O)[C@H]1CC[C@H](c2ncccc2F)CC1. The Balaban J connectivity index is 1.95. The summed E-state index contributed by atoms with van der Waals surface area (Å²) in [6.45, 7) is 2.24. The molecule has 0 N–H and O–H groups in total. The van der Waals surface area contributed by atoms with Crippen LogP contribution in [0.2, 0.25) is 0 Å². The summed E-state index contributed by atoms with van der Waals surface area (Å²) in [5.74, 6) is -0.237. The minimum atomic E-state index is -0.239. The van der Waals surface area contributed by atoms with Crippen molar-refractivity contribution in [2.45, 2.75) is 38.5 Å². The number of hydrogen-bond acceptors (Lipinski definition) is 3. The second kappa shape index (κ2) is 5.94. The monoisotopic (exact) mass is 251 g/mol. The number of carbonyl (C=O) groups is 1. The molecule has 98 valence electrons. The third-order valence-electron chi connectivity index (χ3n) is 3.52. The molecule has 1 aliphatic carbocycles. The van der Waals surface area contributed by atoms with Gasteiger partial charge in [0.05, 0.1) is 18.2 Å². The van der Waals surface area contributed by atoms with Crippen LogP contribution in [0.1, 0.15) is 44.2 Å². The molecular weight excluding hydrogens is 233 g/mol. The van der Waals surface area contributed by atoms with E-state index < -0.39 is 0 Å². The van der Waals surface area contributed by atoms with Gasteiger partial charge in [-0.3, -0.25) is 9.78 Å². The van der Waals surface area contributed by atoms with Crippen molar-refractivity contribution in [1.29, 1.82) is 0 Å². The quantitative estimate of drug-likeness (QED) is 0.775. The fourth-order valence-electron chi connectivity index (χ4n) is 2.56. The molecule has 1 fully saturated rings. The minimum absolute atomic E-state index is 0.0204. The molecule has 0 bridgehead atoms. The molecule has 0 aliphatic heterocycles. The molecule has 1 heterocycles. The number of ether oxygens (including phenoxy) is 1. The van der Waals surface area contributed by atoms with Crippen LogP contribution >= 0.6 is 0 Å². The van der Waals surface area contributed by atoms with Crippen molar-refractivity contribution in [1.82, 2.24) is 4.98 Å². The summed E-state index contributed by atoms with van der Waals surface area (Å²) in [5.41, 5.74) is 0.541. The lowest BCUT2D eigenvalue weighted by Gasteiger charge is -2.26. The van der Waals surface area contributed by atoms with Crippen LogP contribution in [0.15, 0.2) is 18.3 Å². The van der Waals surface area contributed by atoms with Crippen molar-refractivity contribution in [3.05, 3.63) is 29.8 Å². The molecule has 0 amide bonds. The van der Waals surface area contributed by atoms with E-state index in [0.717, 1.165) is 25.7 Å². The molecule has 0 spiro atoms. The summed E-state index contributed by atoms with van der Waals surface area (Å²) in [6.07, 6.45) is 4.75. The fourth-order valence-corrected chi connectivity index (χ4v) is 2.56. The summed E-state index contributed by atoms with van der Waals surface area (Å²) in [7, 11) is 0. The van der Waals surface area contributed by atoms with Gasteiger partial charge in [0.1, 0.15) is 5.82 Å². The second-order valence-electron chi connectivity index (χ2n) is 4.67. The van der Waals surface area contributed by atoms with Gasteiger partial charge < -0.3 is 4.74 Å². The highest BCUT2D eigenvalue weighted by Gasteiger charge is 2.29. The van der Waals surface area contributed by atoms with Crippen LogP contribution in [0.25, 0.3) is 0 Å². The van der Waals surface area contributed by atoms with Gasteiger partial charge in [0.25, 0.3) is 0 Å². The highest BCUT2D eigenvalue weighted by molar-refractivity contribution is 5.72. The summed E-state index contributed by atoms with van der Waals surface area (Å²) in [5, 5.41) is 0. The molecule has 1 aromatic heterocycles. The Bertz CT molecular complexity index is 414. The van der Waals surface area contributed by atoms with Gasteiger partial charge in [-0.25, -0.2) is 4.39 Å². The average molecular weight is 251 g/mol.